The van der Waals surface area contributed by atoms with Gasteiger partial charge in [-0.25, -0.2) is 4.98 Å². The highest BCUT2D eigenvalue weighted by molar-refractivity contribution is 6.09. The highest BCUT2D eigenvalue weighted by Gasteiger charge is 2.23. The minimum Gasteiger partial charge on any atom is -0.383 e. The molecule has 204 valence electrons. The maximum Gasteiger partial charge on any atom is 0.264 e. The second-order valence-corrected chi connectivity index (χ2v) is 9.90. The predicted octanol–water partition coefficient (Wildman–Crippen LogP) is 5.11. The number of rotatable bonds is 4. The lowest BCUT2D eigenvalue weighted by molar-refractivity contribution is 0.0941. The number of aromatic nitrogens is 4. The molecule has 2 aromatic carbocycles. The molecule has 6 aromatic rings. The molecule has 1 unspecified atom stereocenters. The number of nitrogens with one attached hydrogen (secondary N) is 1. The minimum atomic E-state index is -0.583. The lowest BCUT2D eigenvalue weighted by Gasteiger charge is -2.22. The minimum absolute atomic E-state index is 0.0849. The topological polar surface area (TPSA) is 116 Å². The third-order valence-corrected chi connectivity index (χ3v) is 7.16. The molecular formula is C34H26N6O2. The van der Waals surface area contributed by atoms with Gasteiger partial charge in [-0.3, -0.25) is 24.1 Å². The summed E-state index contributed by atoms with van der Waals surface area (Å²) >= 11 is 0. The molecule has 0 fully saturated rings. The van der Waals surface area contributed by atoms with Gasteiger partial charge in [0.05, 0.1) is 16.9 Å². The number of hydrogen-bond donors (Lipinski definition) is 2. The molecule has 3 N–H and O–H groups in total. The van der Waals surface area contributed by atoms with Crippen LogP contribution < -0.4 is 16.6 Å². The molecular weight excluding hydrogens is 524 g/mol. The number of aryl methyl sites for hydroxylation is 1. The summed E-state index contributed by atoms with van der Waals surface area (Å²) in [5.41, 5.74) is 10.2. The second-order valence-electron chi connectivity index (χ2n) is 9.90. The first-order valence-electron chi connectivity index (χ1n) is 13.4. The third-order valence-electron chi connectivity index (χ3n) is 7.16. The van der Waals surface area contributed by atoms with E-state index in [1.807, 2.05) is 86.6 Å². The summed E-state index contributed by atoms with van der Waals surface area (Å²) in [6.07, 6.45) is 6.62. The van der Waals surface area contributed by atoms with Gasteiger partial charge < -0.3 is 11.1 Å². The number of pyridine rings is 4. The van der Waals surface area contributed by atoms with Gasteiger partial charge in [-0.15, -0.1) is 0 Å². The smallest absolute Gasteiger partial charge is 0.264 e. The van der Waals surface area contributed by atoms with Crippen molar-refractivity contribution >= 4 is 33.4 Å². The van der Waals surface area contributed by atoms with Crippen LogP contribution in [-0.4, -0.2) is 25.4 Å². The fourth-order valence-corrected chi connectivity index (χ4v) is 5.04. The third kappa shape index (κ3) is 4.84. The van der Waals surface area contributed by atoms with E-state index in [1.165, 1.54) is 0 Å². The molecule has 0 bridgehead atoms. The Bertz CT molecular complexity index is 2090. The average Bonchev–Trinajstić information content (AvgIpc) is 3.00. The quantitative estimate of drug-likeness (QED) is 0.295. The normalized spacial score (nSPS) is 11.6. The van der Waals surface area contributed by atoms with Crippen molar-refractivity contribution in [3.63, 3.8) is 0 Å². The van der Waals surface area contributed by atoms with Crippen molar-refractivity contribution < 1.29 is 4.79 Å². The van der Waals surface area contributed by atoms with Gasteiger partial charge in [0, 0.05) is 52.7 Å². The first-order chi connectivity index (χ1) is 20.4. The molecule has 0 aliphatic carbocycles. The van der Waals surface area contributed by atoms with Gasteiger partial charge >= 0.3 is 0 Å². The van der Waals surface area contributed by atoms with Crippen LogP contribution in [0.1, 0.15) is 45.7 Å². The molecule has 8 nitrogen and oxygen atoms in total. The van der Waals surface area contributed by atoms with Crippen molar-refractivity contribution in [2.45, 2.75) is 19.9 Å². The molecule has 0 aliphatic heterocycles. The van der Waals surface area contributed by atoms with Crippen LogP contribution in [0.2, 0.25) is 0 Å². The van der Waals surface area contributed by atoms with Crippen molar-refractivity contribution in [1.82, 2.24) is 24.8 Å². The molecule has 0 saturated heterocycles. The fourth-order valence-electron chi connectivity index (χ4n) is 5.04. The van der Waals surface area contributed by atoms with E-state index >= 15 is 0 Å². The largest absolute Gasteiger partial charge is 0.383 e. The lowest BCUT2D eigenvalue weighted by Crippen LogP contribution is -2.33. The number of nitrogens with zero attached hydrogens (tertiary/aromatic N) is 4. The van der Waals surface area contributed by atoms with Crippen LogP contribution in [0.4, 0.5) is 5.82 Å². The van der Waals surface area contributed by atoms with Crippen molar-refractivity contribution in [2.24, 2.45) is 0 Å². The summed E-state index contributed by atoms with van der Waals surface area (Å²) in [6, 6.07) is 21.7. The maximum absolute atomic E-state index is 14.2. The van der Waals surface area contributed by atoms with Crippen molar-refractivity contribution in [1.29, 1.82) is 0 Å². The van der Waals surface area contributed by atoms with Crippen LogP contribution >= 0.6 is 0 Å². The van der Waals surface area contributed by atoms with Crippen molar-refractivity contribution in [3.8, 4) is 17.5 Å². The Labute approximate surface area is 241 Å². The van der Waals surface area contributed by atoms with Gasteiger partial charge in [0.2, 0.25) is 0 Å². The number of nitrogens with two attached hydrogens (primary N) is 1. The molecule has 1 atom stereocenters. The molecule has 0 aliphatic rings. The Hall–Kier alpha value is -5.81. The summed E-state index contributed by atoms with van der Waals surface area (Å²) in [6.45, 7) is 3.76. The molecule has 0 spiro atoms. The molecule has 42 heavy (non-hydrogen) atoms. The molecule has 6 rings (SSSR count). The van der Waals surface area contributed by atoms with Gasteiger partial charge in [-0.1, -0.05) is 42.2 Å². The van der Waals surface area contributed by atoms with Gasteiger partial charge in [-0.05, 0) is 67.3 Å². The summed E-state index contributed by atoms with van der Waals surface area (Å²) in [5.74, 6) is 5.95. The van der Waals surface area contributed by atoms with E-state index in [4.69, 9.17) is 5.73 Å². The Balaban J connectivity index is 1.48. The Morgan fingerprint density at radius 2 is 1.74 bits per heavy atom. The zero-order valence-corrected chi connectivity index (χ0v) is 23.0. The summed E-state index contributed by atoms with van der Waals surface area (Å²) in [5, 5.41) is 4.99. The first kappa shape index (κ1) is 26.4. The van der Waals surface area contributed by atoms with Gasteiger partial charge in [0.15, 0.2) is 0 Å². The summed E-state index contributed by atoms with van der Waals surface area (Å²) in [7, 11) is 0. The molecule has 0 saturated carbocycles. The number of amides is 1. The maximum atomic E-state index is 14.2. The van der Waals surface area contributed by atoms with E-state index in [1.54, 1.807) is 29.4 Å². The van der Waals surface area contributed by atoms with E-state index < -0.39 is 11.9 Å². The molecule has 1 amide bonds. The zero-order valence-electron chi connectivity index (χ0n) is 23.0. The average molecular weight is 551 g/mol. The Morgan fingerprint density at radius 1 is 0.952 bits per heavy atom. The first-order valence-corrected chi connectivity index (χ1v) is 13.4. The second kappa shape index (κ2) is 11.0. The highest BCUT2D eigenvalue weighted by Crippen LogP contribution is 2.26. The number of benzene rings is 2. The molecule has 4 aromatic heterocycles. The number of para-hydroxylation sites is 1. The molecule has 4 heterocycles. The number of carbonyl (C=O) groups excluding carboxylic acids is 1. The van der Waals surface area contributed by atoms with E-state index in [0.717, 1.165) is 16.5 Å². The van der Waals surface area contributed by atoms with Gasteiger partial charge in [-0.2, -0.15) is 0 Å². The Kier molecular flexibility index (Phi) is 6.91. The fraction of sp³-hybridized carbons (Fsp3) is 0.0882. The Morgan fingerprint density at radius 3 is 2.52 bits per heavy atom. The number of fused-ring (bicyclic) bond motifs is 2. The number of carbonyl (C=O) groups is 1. The van der Waals surface area contributed by atoms with Gasteiger partial charge in [0.25, 0.3) is 11.5 Å². The van der Waals surface area contributed by atoms with Crippen LogP contribution in [0, 0.1) is 18.8 Å². The lowest BCUT2D eigenvalue weighted by atomic mass is 10.0. The van der Waals surface area contributed by atoms with Crippen LogP contribution in [0.15, 0.2) is 102 Å². The van der Waals surface area contributed by atoms with E-state index in [9.17, 15) is 9.59 Å². The summed E-state index contributed by atoms with van der Waals surface area (Å²) in [4.78, 5) is 40.6. The molecule has 0 radical (unpaired) electrons. The predicted molar refractivity (Wildman–Crippen MR) is 164 cm³/mol. The van der Waals surface area contributed by atoms with Crippen molar-refractivity contribution in [3.05, 3.63) is 136 Å². The number of nitrogen functional groups attached to an aromatic ring is 1. The SMILES string of the molecule is Cc1ccnc2c(C(=O)NC(C)c3cc4cccc(C#Cc5ccncc5)c4c(=O)n3-c3ccccc3)c(N)ncc12. The zero-order chi connectivity index (χ0) is 29.2. The van der Waals surface area contributed by atoms with E-state index in [2.05, 4.69) is 32.1 Å². The van der Waals surface area contributed by atoms with E-state index in [-0.39, 0.29) is 16.9 Å². The molecule has 8 heteroatoms. The van der Waals surface area contributed by atoms with Crippen molar-refractivity contribution in [2.75, 3.05) is 5.73 Å². The summed E-state index contributed by atoms with van der Waals surface area (Å²) < 4.78 is 1.62. The van der Waals surface area contributed by atoms with Crippen LogP contribution in [0.5, 0.6) is 0 Å². The highest BCUT2D eigenvalue weighted by atomic mass is 16.2. The van der Waals surface area contributed by atoms with Crippen LogP contribution in [0.25, 0.3) is 27.4 Å². The van der Waals surface area contributed by atoms with Crippen LogP contribution in [0.3, 0.4) is 0 Å². The van der Waals surface area contributed by atoms with E-state index in [0.29, 0.717) is 33.2 Å². The number of anilines is 1. The number of hydrogen-bond acceptors (Lipinski definition) is 6. The van der Waals surface area contributed by atoms with Gasteiger partial charge in [0.1, 0.15) is 11.4 Å². The monoisotopic (exact) mass is 550 g/mol. The van der Waals surface area contributed by atoms with Crippen LogP contribution in [-0.2, 0) is 0 Å². The standard InChI is InChI=1S/C34H26N6O2/c1-21-13-18-37-31-27(21)20-38-32(35)30(31)33(41)39-22(2)28-19-25-8-6-7-24(12-11-23-14-16-36-17-15-23)29(25)34(42)40(28)26-9-4-3-5-10-26/h3-10,13-20,22H,1-2H3,(H2,35,38)(H,39,41).